The van der Waals surface area contributed by atoms with Gasteiger partial charge < -0.3 is 10.1 Å². The highest BCUT2D eigenvalue weighted by molar-refractivity contribution is 6.34. The molecule has 0 aliphatic heterocycles. The van der Waals surface area contributed by atoms with Gasteiger partial charge in [-0.2, -0.15) is 0 Å². The van der Waals surface area contributed by atoms with Crippen LogP contribution in [0.2, 0.25) is 10.0 Å². The van der Waals surface area contributed by atoms with E-state index in [1.807, 2.05) is 6.92 Å². The molecule has 0 atom stereocenters. The third-order valence-electron chi connectivity index (χ3n) is 2.69. The first-order valence-corrected chi connectivity index (χ1v) is 6.97. The zero-order valence-electron chi connectivity index (χ0n) is 10.9. The summed E-state index contributed by atoms with van der Waals surface area (Å²) in [7, 11) is 0. The highest BCUT2D eigenvalue weighted by Crippen LogP contribution is 2.33. The highest BCUT2D eigenvalue weighted by atomic mass is 35.5. The second-order valence-corrected chi connectivity index (χ2v) is 5.07. The molecule has 0 fully saturated rings. The smallest absolute Gasteiger partial charge is 0.166 e. The first-order chi connectivity index (χ1) is 9.60. The van der Waals surface area contributed by atoms with Gasteiger partial charge in [-0.1, -0.05) is 36.2 Å². The Morgan fingerprint density at radius 2 is 1.90 bits per heavy atom. The van der Waals surface area contributed by atoms with Gasteiger partial charge in [-0.3, -0.25) is 0 Å². The molecule has 0 radical (unpaired) electrons. The van der Waals surface area contributed by atoms with E-state index in [0.717, 1.165) is 12.1 Å². The number of rotatable bonds is 5. The van der Waals surface area contributed by atoms with Crippen LogP contribution in [0.4, 0.5) is 4.39 Å². The number of halogens is 3. The van der Waals surface area contributed by atoms with Crippen LogP contribution in [-0.2, 0) is 6.54 Å². The van der Waals surface area contributed by atoms with Crippen LogP contribution in [0.25, 0.3) is 0 Å². The molecule has 0 aromatic heterocycles. The molecule has 0 aliphatic rings. The molecule has 2 aromatic carbocycles. The van der Waals surface area contributed by atoms with Crippen molar-refractivity contribution in [2.24, 2.45) is 0 Å². The fourth-order valence-electron chi connectivity index (χ4n) is 1.68. The molecule has 5 heteroatoms. The average molecular weight is 314 g/mol. The second-order valence-electron chi connectivity index (χ2n) is 4.22. The van der Waals surface area contributed by atoms with Crippen LogP contribution >= 0.6 is 23.2 Å². The molecule has 0 spiro atoms. The van der Waals surface area contributed by atoms with E-state index < -0.39 is 5.82 Å². The molecule has 106 valence electrons. The van der Waals surface area contributed by atoms with Crippen molar-refractivity contribution in [2.45, 2.75) is 13.5 Å². The summed E-state index contributed by atoms with van der Waals surface area (Å²) in [4.78, 5) is 0. The van der Waals surface area contributed by atoms with Crippen LogP contribution in [0, 0.1) is 5.82 Å². The predicted molar refractivity (Wildman–Crippen MR) is 80.3 cm³/mol. The van der Waals surface area contributed by atoms with Crippen molar-refractivity contribution in [1.82, 2.24) is 5.32 Å². The highest BCUT2D eigenvalue weighted by Gasteiger charge is 2.09. The molecular formula is C15H14Cl2FNO. The Labute approximate surface area is 127 Å². The summed E-state index contributed by atoms with van der Waals surface area (Å²) in [6.45, 7) is 3.44. The Morgan fingerprint density at radius 1 is 1.10 bits per heavy atom. The maximum absolute atomic E-state index is 14.0. The lowest BCUT2D eigenvalue weighted by atomic mass is 10.2. The normalized spacial score (nSPS) is 10.6. The third-order valence-corrected chi connectivity index (χ3v) is 3.24. The lowest BCUT2D eigenvalue weighted by Gasteiger charge is -2.10. The molecule has 2 rings (SSSR count). The van der Waals surface area contributed by atoms with Crippen molar-refractivity contribution in [2.75, 3.05) is 6.54 Å². The van der Waals surface area contributed by atoms with Crippen LogP contribution < -0.4 is 10.1 Å². The maximum atomic E-state index is 14.0. The van der Waals surface area contributed by atoms with Crippen molar-refractivity contribution in [3.8, 4) is 11.5 Å². The number of benzene rings is 2. The van der Waals surface area contributed by atoms with Gasteiger partial charge >= 0.3 is 0 Å². The maximum Gasteiger partial charge on any atom is 0.166 e. The van der Waals surface area contributed by atoms with Gasteiger partial charge in [-0.25, -0.2) is 4.39 Å². The first kappa shape index (κ1) is 15.1. The first-order valence-electron chi connectivity index (χ1n) is 6.22. The predicted octanol–water partition coefficient (Wildman–Crippen LogP) is 5.03. The van der Waals surface area contributed by atoms with E-state index in [1.165, 1.54) is 6.07 Å². The molecule has 0 amide bonds. The van der Waals surface area contributed by atoms with Crippen LogP contribution in [0.1, 0.15) is 12.5 Å². The monoisotopic (exact) mass is 313 g/mol. The Bertz CT molecular complexity index is 604. The molecule has 0 saturated heterocycles. The Morgan fingerprint density at radius 3 is 2.60 bits per heavy atom. The molecule has 2 nitrogen and oxygen atoms in total. The van der Waals surface area contributed by atoms with Crippen molar-refractivity contribution < 1.29 is 9.13 Å². The van der Waals surface area contributed by atoms with E-state index in [1.54, 1.807) is 30.3 Å². The molecule has 20 heavy (non-hydrogen) atoms. The minimum atomic E-state index is -0.434. The molecule has 0 aliphatic carbocycles. The van der Waals surface area contributed by atoms with Gasteiger partial charge in [0.05, 0.1) is 5.02 Å². The van der Waals surface area contributed by atoms with E-state index in [0.29, 0.717) is 22.3 Å². The standard InChI is InChI=1S/C15H14Cl2FNO/c1-2-19-9-10-3-6-14(13(18)7-10)20-15-8-11(16)4-5-12(15)17/h3-8,19H,2,9H2,1H3. The zero-order valence-corrected chi connectivity index (χ0v) is 12.4. The summed E-state index contributed by atoms with van der Waals surface area (Å²) in [6.07, 6.45) is 0. The fourth-order valence-corrected chi connectivity index (χ4v) is 2.00. The summed E-state index contributed by atoms with van der Waals surface area (Å²) in [5.41, 5.74) is 0.855. The summed E-state index contributed by atoms with van der Waals surface area (Å²) in [5.74, 6) is 0.0170. The van der Waals surface area contributed by atoms with Crippen molar-refractivity contribution >= 4 is 23.2 Å². The number of ether oxygens (including phenoxy) is 1. The summed E-state index contributed by atoms with van der Waals surface area (Å²) >= 11 is 11.8. The molecular weight excluding hydrogens is 300 g/mol. The number of hydrogen-bond acceptors (Lipinski definition) is 2. The van der Waals surface area contributed by atoms with Gasteiger partial charge in [-0.15, -0.1) is 0 Å². The zero-order chi connectivity index (χ0) is 14.5. The van der Waals surface area contributed by atoms with Crippen LogP contribution in [-0.4, -0.2) is 6.54 Å². The third kappa shape index (κ3) is 3.85. The molecule has 0 bridgehead atoms. The average Bonchev–Trinajstić information content (AvgIpc) is 2.43. The Kier molecular flexibility index (Phi) is 5.24. The molecule has 1 N–H and O–H groups in total. The summed E-state index contributed by atoms with van der Waals surface area (Å²) in [6, 6.07) is 9.63. The van der Waals surface area contributed by atoms with E-state index >= 15 is 0 Å². The van der Waals surface area contributed by atoms with Crippen LogP contribution in [0.5, 0.6) is 11.5 Å². The fraction of sp³-hybridized carbons (Fsp3) is 0.200. The SMILES string of the molecule is CCNCc1ccc(Oc2cc(Cl)ccc2Cl)c(F)c1. The van der Waals surface area contributed by atoms with Crippen molar-refractivity contribution in [1.29, 1.82) is 0 Å². The largest absolute Gasteiger partial charge is 0.453 e. The van der Waals surface area contributed by atoms with E-state index in [2.05, 4.69) is 5.32 Å². The second kappa shape index (κ2) is 6.93. The van der Waals surface area contributed by atoms with Crippen molar-refractivity contribution in [3.63, 3.8) is 0 Å². The van der Waals surface area contributed by atoms with E-state index in [4.69, 9.17) is 27.9 Å². The summed E-state index contributed by atoms with van der Waals surface area (Å²) in [5, 5.41) is 3.99. The van der Waals surface area contributed by atoms with E-state index in [-0.39, 0.29) is 5.75 Å². The van der Waals surface area contributed by atoms with Gasteiger partial charge in [0.2, 0.25) is 0 Å². The van der Waals surface area contributed by atoms with Gasteiger partial charge in [0.25, 0.3) is 0 Å². The molecule has 0 saturated carbocycles. The number of nitrogens with one attached hydrogen (secondary N) is 1. The van der Waals surface area contributed by atoms with Gasteiger partial charge in [0.1, 0.15) is 5.75 Å². The molecule has 0 heterocycles. The topological polar surface area (TPSA) is 21.3 Å². The summed E-state index contributed by atoms with van der Waals surface area (Å²) < 4.78 is 19.4. The minimum absolute atomic E-state index is 0.120. The van der Waals surface area contributed by atoms with E-state index in [9.17, 15) is 4.39 Å². The minimum Gasteiger partial charge on any atom is -0.453 e. The molecule has 0 unspecified atom stereocenters. The Balaban J connectivity index is 2.19. The van der Waals surface area contributed by atoms with Gasteiger partial charge in [-0.05, 0) is 36.4 Å². The van der Waals surface area contributed by atoms with Crippen LogP contribution in [0.15, 0.2) is 36.4 Å². The van der Waals surface area contributed by atoms with Gasteiger partial charge in [0.15, 0.2) is 11.6 Å². The van der Waals surface area contributed by atoms with Gasteiger partial charge in [0, 0.05) is 17.6 Å². The van der Waals surface area contributed by atoms with Crippen molar-refractivity contribution in [3.05, 3.63) is 57.8 Å². The Hall–Kier alpha value is -1.29. The quantitative estimate of drug-likeness (QED) is 0.835. The lowest BCUT2D eigenvalue weighted by molar-refractivity contribution is 0.441. The lowest BCUT2D eigenvalue weighted by Crippen LogP contribution is -2.11. The van der Waals surface area contributed by atoms with Crippen LogP contribution in [0.3, 0.4) is 0 Å². The molecule has 2 aromatic rings. The number of hydrogen-bond donors (Lipinski definition) is 1.